The molecule has 0 radical (unpaired) electrons. The van der Waals surface area contributed by atoms with Gasteiger partial charge < -0.3 is 25.4 Å². The quantitative estimate of drug-likeness (QED) is 0.490. The van der Waals surface area contributed by atoms with Gasteiger partial charge >= 0.3 is 12.0 Å². The lowest BCUT2D eigenvalue weighted by Crippen LogP contribution is -2.35. The number of aromatic nitrogens is 2. The van der Waals surface area contributed by atoms with Crippen molar-refractivity contribution < 1.29 is 19.8 Å². The summed E-state index contributed by atoms with van der Waals surface area (Å²) in [5.74, 6) is -1.49. The molecule has 0 saturated heterocycles. The van der Waals surface area contributed by atoms with Crippen molar-refractivity contribution in [3.05, 3.63) is 64.0 Å². The molecule has 0 bridgehead atoms. The second-order valence-corrected chi connectivity index (χ2v) is 7.10. The first-order valence-corrected chi connectivity index (χ1v) is 9.41. The molecule has 9 nitrogen and oxygen atoms in total. The molecule has 150 valence electrons. The maximum Gasteiger partial charge on any atom is 0.319 e. The smallest absolute Gasteiger partial charge is 0.319 e. The molecule has 2 aromatic heterocycles. The van der Waals surface area contributed by atoms with Crippen LogP contribution in [0.3, 0.4) is 0 Å². The SMILES string of the molecule is Cn1ccc(O)c(NC(=O)NC(CC(=O)O)c2cccc(-c3nccs3)c2)c1=O. The third-order valence-electron chi connectivity index (χ3n) is 4.14. The number of benzene rings is 1. The molecule has 2 amide bonds. The molecule has 3 rings (SSSR count). The Bertz CT molecular complexity index is 1090. The van der Waals surface area contributed by atoms with Crippen molar-refractivity contribution in [1.82, 2.24) is 14.9 Å². The van der Waals surface area contributed by atoms with Gasteiger partial charge in [0.2, 0.25) is 0 Å². The van der Waals surface area contributed by atoms with Gasteiger partial charge in [0.15, 0.2) is 5.69 Å². The van der Waals surface area contributed by atoms with Gasteiger partial charge in [0.05, 0.1) is 12.5 Å². The molecule has 0 aliphatic carbocycles. The molecule has 0 fully saturated rings. The highest BCUT2D eigenvalue weighted by atomic mass is 32.1. The van der Waals surface area contributed by atoms with E-state index in [4.69, 9.17) is 0 Å². The second kappa shape index (κ2) is 8.57. The summed E-state index contributed by atoms with van der Waals surface area (Å²) < 4.78 is 1.20. The highest BCUT2D eigenvalue weighted by molar-refractivity contribution is 7.13. The fourth-order valence-corrected chi connectivity index (χ4v) is 3.36. The van der Waals surface area contributed by atoms with E-state index in [-0.39, 0.29) is 17.9 Å². The third kappa shape index (κ3) is 4.79. The Kier molecular flexibility index (Phi) is 5.93. The fraction of sp³-hybridized carbons (Fsp3) is 0.158. The van der Waals surface area contributed by atoms with E-state index >= 15 is 0 Å². The zero-order chi connectivity index (χ0) is 21.0. The van der Waals surface area contributed by atoms with Crippen molar-refractivity contribution in [2.24, 2.45) is 7.05 Å². The first-order chi connectivity index (χ1) is 13.8. The summed E-state index contributed by atoms with van der Waals surface area (Å²) in [5, 5.41) is 26.5. The number of carbonyl (C=O) groups excluding carboxylic acids is 1. The van der Waals surface area contributed by atoms with E-state index in [2.05, 4.69) is 15.6 Å². The van der Waals surface area contributed by atoms with E-state index in [0.717, 1.165) is 10.6 Å². The number of aromatic hydroxyl groups is 1. The number of aryl methyl sites for hydroxylation is 1. The van der Waals surface area contributed by atoms with Crippen molar-refractivity contribution in [2.45, 2.75) is 12.5 Å². The van der Waals surface area contributed by atoms with Gasteiger partial charge in [0.1, 0.15) is 10.8 Å². The predicted octanol–water partition coefficient (Wildman–Crippen LogP) is 2.55. The summed E-state index contributed by atoms with van der Waals surface area (Å²) in [7, 11) is 1.47. The zero-order valence-corrected chi connectivity index (χ0v) is 16.1. The number of anilines is 1. The number of hydrogen-bond donors (Lipinski definition) is 4. The summed E-state index contributed by atoms with van der Waals surface area (Å²) in [4.78, 5) is 40.1. The number of pyridine rings is 1. The van der Waals surface area contributed by atoms with Gasteiger partial charge in [-0.15, -0.1) is 11.3 Å². The number of urea groups is 1. The van der Waals surface area contributed by atoms with Crippen molar-refractivity contribution in [2.75, 3.05) is 5.32 Å². The molecule has 2 heterocycles. The Labute approximate surface area is 169 Å². The topological polar surface area (TPSA) is 134 Å². The second-order valence-electron chi connectivity index (χ2n) is 6.20. The van der Waals surface area contributed by atoms with E-state index in [9.17, 15) is 24.6 Å². The molecule has 0 aliphatic heterocycles. The highest BCUT2D eigenvalue weighted by Crippen LogP contribution is 2.26. The predicted molar refractivity (Wildman–Crippen MR) is 108 cm³/mol. The molecule has 0 saturated carbocycles. The van der Waals surface area contributed by atoms with Crippen molar-refractivity contribution in [1.29, 1.82) is 0 Å². The van der Waals surface area contributed by atoms with Crippen LogP contribution < -0.4 is 16.2 Å². The van der Waals surface area contributed by atoms with Crippen LogP contribution in [0.2, 0.25) is 0 Å². The van der Waals surface area contributed by atoms with Crippen molar-refractivity contribution in [3.8, 4) is 16.3 Å². The Morgan fingerprint density at radius 3 is 2.79 bits per heavy atom. The van der Waals surface area contributed by atoms with Crippen LogP contribution in [0.1, 0.15) is 18.0 Å². The van der Waals surface area contributed by atoms with Crippen LogP contribution in [0.4, 0.5) is 10.5 Å². The van der Waals surface area contributed by atoms with Crippen LogP contribution in [0.5, 0.6) is 5.75 Å². The molecule has 1 aromatic carbocycles. The van der Waals surface area contributed by atoms with E-state index in [1.165, 1.54) is 35.2 Å². The number of carbonyl (C=O) groups is 2. The highest BCUT2D eigenvalue weighted by Gasteiger charge is 2.20. The van der Waals surface area contributed by atoms with Crippen LogP contribution in [0.25, 0.3) is 10.6 Å². The van der Waals surface area contributed by atoms with Crippen LogP contribution in [-0.2, 0) is 11.8 Å². The van der Waals surface area contributed by atoms with Gasteiger partial charge in [-0.2, -0.15) is 0 Å². The summed E-state index contributed by atoms with van der Waals surface area (Å²) in [6, 6.07) is 6.64. The largest absolute Gasteiger partial charge is 0.505 e. The number of carboxylic acids is 1. The van der Waals surface area contributed by atoms with Crippen LogP contribution >= 0.6 is 11.3 Å². The lowest BCUT2D eigenvalue weighted by Gasteiger charge is -2.19. The molecule has 0 aliphatic rings. The zero-order valence-electron chi connectivity index (χ0n) is 15.3. The first kappa shape index (κ1) is 20.1. The van der Waals surface area contributed by atoms with Gasteiger partial charge in [0.25, 0.3) is 5.56 Å². The number of carboxylic acid groups (broad SMARTS) is 1. The lowest BCUT2D eigenvalue weighted by molar-refractivity contribution is -0.137. The number of nitrogens with one attached hydrogen (secondary N) is 2. The monoisotopic (exact) mass is 414 g/mol. The standard InChI is InChI=1S/C19H18N4O5S/c1-23-7-5-14(24)16(18(23)27)22-19(28)21-13(10-15(25)26)11-3-2-4-12(9-11)17-20-6-8-29-17/h2-9,13,24H,10H2,1H3,(H,25,26)(H2,21,22,28). The molecule has 10 heteroatoms. The lowest BCUT2D eigenvalue weighted by atomic mass is 10.0. The number of hydrogen-bond acceptors (Lipinski definition) is 6. The molecular weight excluding hydrogens is 396 g/mol. The van der Waals surface area contributed by atoms with Gasteiger partial charge in [-0.05, 0) is 17.7 Å². The molecule has 1 atom stereocenters. The molecule has 29 heavy (non-hydrogen) atoms. The normalized spacial score (nSPS) is 11.6. The van der Waals surface area contributed by atoms with Crippen molar-refractivity contribution >= 4 is 29.0 Å². The Morgan fingerprint density at radius 1 is 1.31 bits per heavy atom. The Balaban J connectivity index is 1.84. The maximum absolute atomic E-state index is 12.4. The number of amides is 2. The molecule has 4 N–H and O–H groups in total. The average Bonchev–Trinajstić information content (AvgIpc) is 3.22. The average molecular weight is 414 g/mol. The van der Waals surface area contributed by atoms with E-state index in [1.807, 2.05) is 11.4 Å². The van der Waals surface area contributed by atoms with Crippen LogP contribution in [0.15, 0.2) is 52.9 Å². The summed E-state index contributed by atoms with van der Waals surface area (Å²) in [6.07, 6.45) is 2.66. The minimum Gasteiger partial charge on any atom is -0.505 e. The van der Waals surface area contributed by atoms with Crippen molar-refractivity contribution in [3.63, 3.8) is 0 Å². The number of thiazole rings is 1. The molecular formula is C19H18N4O5S. The van der Waals surface area contributed by atoms with E-state index < -0.39 is 23.6 Å². The first-order valence-electron chi connectivity index (χ1n) is 8.53. The van der Waals surface area contributed by atoms with Gasteiger partial charge in [-0.3, -0.25) is 9.59 Å². The summed E-state index contributed by atoms with van der Waals surface area (Å²) in [5.41, 5.74) is 0.476. The molecule has 1 unspecified atom stereocenters. The van der Waals surface area contributed by atoms with Crippen LogP contribution in [0, 0.1) is 0 Å². The Hall–Kier alpha value is -3.66. The Morgan fingerprint density at radius 2 is 2.10 bits per heavy atom. The van der Waals surface area contributed by atoms with Gasteiger partial charge in [0, 0.05) is 30.4 Å². The van der Waals surface area contributed by atoms with Gasteiger partial charge in [-0.25, -0.2) is 9.78 Å². The fourth-order valence-electron chi connectivity index (χ4n) is 2.73. The summed E-state index contributed by atoms with van der Waals surface area (Å²) >= 11 is 1.44. The molecule has 0 spiro atoms. The number of rotatable bonds is 6. The van der Waals surface area contributed by atoms with E-state index in [0.29, 0.717) is 5.56 Å². The maximum atomic E-state index is 12.4. The van der Waals surface area contributed by atoms with Crippen LogP contribution in [-0.4, -0.2) is 31.8 Å². The minimum absolute atomic E-state index is 0.293. The van der Waals surface area contributed by atoms with Gasteiger partial charge in [-0.1, -0.05) is 18.2 Å². The number of nitrogens with zero attached hydrogens (tertiary/aromatic N) is 2. The molecule has 3 aromatic rings. The van der Waals surface area contributed by atoms with E-state index in [1.54, 1.807) is 24.4 Å². The third-order valence-corrected chi connectivity index (χ3v) is 4.96. The minimum atomic E-state index is -1.10. The number of aliphatic carboxylic acids is 1. The summed E-state index contributed by atoms with van der Waals surface area (Å²) in [6.45, 7) is 0.